The van der Waals surface area contributed by atoms with Gasteiger partial charge in [-0.05, 0) is 62.7 Å². The number of ether oxygens (including phenoxy) is 1. The number of hydrogen-bond acceptors (Lipinski definition) is 5. The van der Waals surface area contributed by atoms with Gasteiger partial charge in [-0.1, -0.05) is 24.3 Å². The number of amides is 1. The first kappa shape index (κ1) is 19.5. The van der Waals surface area contributed by atoms with Crippen LogP contribution in [0.15, 0.2) is 52.9 Å². The van der Waals surface area contributed by atoms with E-state index >= 15 is 0 Å². The lowest BCUT2D eigenvalue weighted by molar-refractivity contribution is -0.126. The third kappa shape index (κ3) is 4.43. The lowest BCUT2D eigenvalue weighted by atomic mass is 9.95. The summed E-state index contributed by atoms with van der Waals surface area (Å²) >= 11 is 0. The standard InChI is InChI=1S/C23H27N3O3/c1-16(22(27)24-15-17-7-9-19(28-2)10-8-17)26-13-11-18(12-14-26)23-25-20-5-3-4-6-21(20)29-23/h3-10,16,18H,11-15H2,1-2H3,(H,24,27). The predicted molar refractivity (Wildman–Crippen MR) is 112 cm³/mol. The summed E-state index contributed by atoms with van der Waals surface area (Å²) in [5.41, 5.74) is 2.81. The van der Waals surface area contributed by atoms with Crippen LogP contribution < -0.4 is 10.1 Å². The summed E-state index contributed by atoms with van der Waals surface area (Å²) in [6, 6.07) is 15.5. The molecule has 152 valence electrons. The second kappa shape index (κ2) is 8.66. The number of fused-ring (bicyclic) bond motifs is 1. The van der Waals surface area contributed by atoms with Gasteiger partial charge in [0.15, 0.2) is 11.5 Å². The molecule has 1 N–H and O–H groups in total. The monoisotopic (exact) mass is 393 g/mol. The quantitative estimate of drug-likeness (QED) is 0.691. The predicted octanol–water partition coefficient (Wildman–Crippen LogP) is 3.72. The number of likely N-dealkylation sites (tertiary alicyclic amines) is 1. The van der Waals surface area contributed by atoms with Crippen LogP contribution in [0.4, 0.5) is 0 Å². The average Bonchev–Trinajstić information content (AvgIpc) is 3.22. The molecule has 1 aliphatic heterocycles. The molecule has 2 heterocycles. The second-order valence-electron chi connectivity index (χ2n) is 7.57. The maximum absolute atomic E-state index is 12.6. The molecule has 6 nitrogen and oxygen atoms in total. The van der Waals surface area contributed by atoms with E-state index in [0.717, 1.165) is 54.2 Å². The minimum atomic E-state index is -0.155. The van der Waals surface area contributed by atoms with E-state index in [1.54, 1.807) is 7.11 Å². The number of methoxy groups -OCH3 is 1. The number of para-hydroxylation sites is 2. The van der Waals surface area contributed by atoms with E-state index in [9.17, 15) is 4.79 Å². The van der Waals surface area contributed by atoms with Crippen molar-refractivity contribution in [3.8, 4) is 5.75 Å². The van der Waals surface area contributed by atoms with Crippen LogP contribution in [0.25, 0.3) is 11.1 Å². The molecule has 4 rings (SSSR count). The van der Waals surface area contributed by atoms with Crippen LogP contribution >= 0.6 is 0 Å². The van der Waals surface area contributed by atoms with Gasteiger partial charge < -0.3 is 14.5 Å². The largest absolute Gasteiger partial charge is 0.497 e. The molecule has 0 spiro atoms. The summed E-state index contributed by atoms with van der Waals surface area (Å²) in [5.74, 6) is 2.01. The van der Waals surface area contributed by atoms with Crippen molar-refractivity contribution < 1.29 is 13.9 Å². The fourth-order valence-electron chi connectivity index (χ4n) is 3.84. The van der Waals surface area contributed by atoms with Crippen LogP contribution in [0.5, 0.6) is 5.75 Å². The molecule has 0 saturated carbocycles. The molecule has 0 aliphatic carbocycles. The molecule has 2 aromatic carbocycles. The molecule has 1 aliphatic rings. The van der Waals surface area contributed by atoms with Crippen molar-refractivity contribution in [2.75, 3.05) is 20.2 Å². The zero-order valence-electron chi connectivity index (χ0n) is 16.9. The normalized spacial score (nSPS) is 16.6. The van der Waals surface area contributed by atoms with Gasteiger partial charge in [-0.3, -0.25) is 9.69 Å². The number of carbonyl (C=O) groups is 1. The summed E-state index contributed by atoms with van der Waals surface area (Å²) in [6.45, 7) is 4.22. The molecular weight excluding hydrogens is 366 g/mol. The molecule has 1 fully saturated rings. The SMILES string of the molecule is COc1ccc(CNC(=O)C(C)N2CCC(c3nc4ccccc4o3)CC2)cc1. The van der Waals surface area contributed by atoms with E-state index in [-0.39, 0.29) is 11.9 Å². The Morgan fingerprint density at radius 2 is 1.93 bits per heavy atom. The number of oxazole rings is 1. The van der Waals surface area contributed by atoms with Gasteiger partial charge in [0.05, 0.1) is 13.2 Å². The van der Waals surface area contributed by atoms with E-state index in [0.29, 0.717) is 12.5 Å². The third-order valence-electron chi connectivity index (χ3n) is 5.74. The molecule has 1 amide bonds. The lowest BCUT2D eigenvalue weighted by Crippen LogP contribution is -2.47. The summed E-state index contributed by atoms with van der Waals surface area (Å²) in [6.07, 6.45) is 1.89. The summed E-state index contributed by atoms with van der Waals surface area (Å²) in [4.78, 5) is 19.5. The Morgan fingerprint density at radius 1 is 1.21 bits per heavy atom. The molecule has 0 bridgehead atoms. The topological polar surface area (TPSA) is 67.6 Å². The van der Waals surface area contributed by atoms with Crippen molar-refractivity contribution in [3.05, 3.63) is 60.0 Å². The number of hydrogen-bond donors (Lipinski definition) is 1. The summed E-state index contributed by atoms with van der Waals surface area (Å²) < 4.78 is 11.1. The number of carbonyl (C=O) groups excluding carboxylic acids is 1. The van der Waals surface area contributed by atoms with Gasteiger partial charge in [-0.2, -0.15) is 0 Å². The minimum Gasteiger partial charge on any atom is -0.497 e. The zero-order valence-corrected chi connectivity index (χ0v) is 16.9. The summed E-state index contributed by atoms with van der Waals surface area (Å²) in [5, 5.41) is 3.04. The van der Waals surface area contributed by atoms with Crippen LogP contribution in [-0.2, 0) is 11.3 Å². The van der Waals surface area contributed by atoms with Crippen molar-refractivity contribution in [3.63, 3.8) is 0 Å². The number of piperidine rings is 1. The van der Waals surface area contributed by atoms with Gasteiger partial charge in [-0.15, -0.1) is 0 Å². The van der Waals surface area contributed by atoms with Crippen LogP contribution in [0.3, 0.4) is 0 Å². The van der Waals surface area contributed by atoms with Crippen LogP contribution in [-0.4, -0.2) is 42.0 Å². The Morgan fingerprint density at radius 3 is 2.62 bits per heavy atom. The van der Waals surface area contributed by atoms with Gasteiger partial charge in [0.25, 0.3) is 0 Å². The molecule has 3 aromatic rings. The van der Waals surface area contributed by atoms with E-state index < -0.39 is 0 Å². The van der Waals surface area contributed by atoms with E-state index in [2.05, 4.69) is 15.2 Å². The van der Waals surface area contributed by atoms with Gasteiger partial charge in [0.1, 0.15) is 11.3 Å². The number of aromatic nitrogens is 1. The van der Waals surface area contributed by atoms with Crippen molar-refractivity contribution in [2.45, 2.75) is 38.3 Å². The zero-order chi connectivity index (χ0) is 20.2. The van der Waals surface area contributed by atoms with Crippen molar-refractivity contribution in [1.82, 2.24) is 15.2 Å². The number of nitrogens with one attached hydrogen (secondary N) is 1. The van der Waals surface area contributed by atoms with Crippen molar-refractivity contribution in [1.29, 1.82) is 0 Å². The van der Waals surface area contributed by atoms with Crippen LogP contribution in [0, 0.1) is 0 Å². The highest BCUT2D eigenvalue weighted by atomic mass is 16.5. The fraction of sp³-hybridized carbons (Fsp3) is 0.391. The maximum Gasteiger partial charge on any atom is 0.237 e. The highest BCUT2D eigenvalue weighted by Gasteiger charge is 2.29. The molecular formula is C23H27N3O3. The highest BCUT2D eigenvalue weighted by molar-refractivity contribution is 5.81. The van der Waals surface area contributed by atoms with Gasteiger partial charge in [-0.25, -0.2) is 4.98 Å². The number of rotatable bonds is 6. The summed E-state index contributed by atoms with van der Waals surface area (Å²) in [7, 11) is 1.64. The van der Waals surface area contributed by atoms with Gasteiger partial charge in [0.2, 0.25) is 5.91 Å². The Labute approximate surface area is 170 Å². The van der Waals surface area contributed by atoms with E-state index in [1.807, 2.05) is 55.5 Å². The first-order valence-corrected chi connectivity index (χ1v) is 10.1. The first-order chi connectivity index (χ1) is 14.1. The van der Waals surface area contributed by atoms with Gasteiger partial charge >= 0.3 is 0 Å². The lowest BCUT2D eigenvalue weighted by Gasteiger charge is -2.34. The van der Waals surface area contributed by atoms with Crippen molar-refractivity contribution >= 4 is 17.0 Å². The third-order valence-corrected chi connectivity index (χ3v) is 5.74. The molecule has 1 atom stereocenters. The van der Waals surface area contributed by atoms with Gasteiger partial charge in [0, 0.05) is 12.5 Å². The van der Waals surface area contributed by atoms with Crippen LogP contribution in [0.1, 0.15) is 37.1 Å². The van der Waals surface area contributed by atoms with E-state index in [4.69, 9.17) is 9.15 Å². The molecule has 1 aromatic heterocycles. The highest BCUT2D eigenvalue weighted by Crippen LogP contribution is 2.30. The smallest absolute Gasteiger partial charge is 0.237 e. The van der Waals surface area contributed by atoms with E-state index in [1.165, 1.54) is 0 Å². The maximum atomic E-state index is 12.6. The minimum absolute atomic E-state index is 0.0566. The number of nitrogens with zero attached hydrogens (tertiary/aromatic N) is 2. The molecule has 0 radical (unpaired) electrons. The molecule has 29 heavy (non-hydrogen) atoms. The number of benzene rings is 2. The second-order valence-corrected chi connectivity index (χ2v) is 7.57. The fourth-order valence-corrected chi connectivity index (χ4v) is 3.84. The molecule has 1 saturated heterocycles. The molecule has 1 unspecified atom stereocenters. The Hall–Kier alpha value is -2.86. The Kier molecular flexibility index (Phi) is 5.81. The first-order valence-electron chi connectivity index (χ1n) is 10.1. The Balaban J connectivity index is 1.28. The average molecular weight is 393 g/mol. The molecule has 6 heteroatoms. The van der Waals surface area contributed by atoms with Crippen LogP contribution in [0.2, 0.25) is 0 Å². The Bertz CT molecular complexity index is 926. The van der Waals surface area contributed by atoms with Crippen molar-refractivity contribution in [2.24, 2.45) is 0 Å².